The van der Waals surface area contributed by atoms with Crippen LogP contribution in [0.1, 0.15) is 12.0 Å². The van der Waals surface area contributed by atoms with Gasteiger partial charge in [-0.1, -0.05) is 18.2 Å². The predicted octanol–water partition coefficient (Wildman–Crippen LogP) is 0.425. The summed E-state index contributed by atoms with van der Waals surface area (Å²) in [5, 5.41) is 10.0. The van der Waals surface area contributed by atoms with Crippen LogP contribution in [0.3, 0.4) is 0 Å². The molecule has 1 aromatic carbocycles. The Bertz CT molecular complexity index is 521. The first-order valence-corrected chi connectivity index (χ1v) is 7.27. The van der Waals surface area contributed by atoms with Gasteiger partial charge in [0.2, 0.25) is 10.0 Å². The van der Waals surface area contributed by atoms with Crippen molar-refractivity contribution in [2.75, 3.05) is 19.8 Å². The first-order chi connectivity index (χ1) is 8.43. The van der Waals surface area contributed by atoms with Crippen molar-refractivity contribution in [1.82, 2.24) is 4.72 Å². The van der Waals surface area contributed by atoms with Crippen molar-refractivity contribution in [2.24, 2.45) is 0 Å². The smallest absolute Gasteiger partial charge is 0.240 e. The number of aryl methyl sites for hydroxylation is 1. The van der Waals surface area contributed by atoms with Crippen molar-refractivity contribution in [3.05, 3.63) is 29.8 Å². The highest BCUT2D eigenvalue weighted by atomic mass is 32.2. The van der Waals surface area contributed by atoms with Crippen molar-refractivity contribution in [3.63, 3.8) is 0 Å². The molecule has 1 fully saturated rings. The normalized spacial score (nSPS) is 24.3. The summed E-state index contributed by atoms with van der Waals surface area (Å²) in [6, 6.07) is 6.75. The first kappa shape index (κ1) is 13.5. The highest BCUT2D eigenvalue weighted by molar-refractivity contribution is 7.89. The molecule has 18 heavy (non-hydrogen) atoms. The van der Waals surface area contributed by atoms with E-state index in [1.807, 2.05) is 0 Å². The largest absolute Gasteiger partial charge is 0.386 e. The van der Waals surface area contributed by atoms with Gasteiger partial charge < -0.3 is 9.84 Å². The molecule has 0 aromatic heterocycles. The van der Waals surface area contributed by atoms with Gasteiger partial charge in [0.15, 0.2) is 0 Å². The van der Waals surface area contributed by atoms with E-state index in [2.05, 4.69) is 4.72 Å². The third-order valence-corrected chi connectivity index (χ3v) is 4.62. The lowest BCUT2D eigenvalue weighted by molar-refractivity contribution is 0.0314. The van der Waals surface area contributed by atoms with Gasteiger partial charge in [0.05, 0.1) is 11.5 Å². The van der Waals surface area contributed by atoms with E-state index >= 15 is 0 Å². The molecule has 1 aliphatic heterocycles. The van der Waals surface area contributed by atoms with Crippen molar-refractivity contribution < 1.29 is 18.3 Å². The lowest BCUT2D eigenvalue weighted by Crippen LogP contribution is -2.43. The van der Waals surface area contributed by atoms with Crippen LogP contribution in [-0.2, 0) is 14.8 Å². The zero-order chi connectivity index (χ0) is 13.2. The average Bonchev–Trinajstić information content (AvgIpc) is 2.75. The molecule has 2 rings (SSSR count). The molecular formula is C12H17NO4S. The van der Waals surface area contributed by atoms with Gasteiger partial charge in [-0.2, -0.15) is 0 Å². The fraction of sp³-hybridized carbons (Fsp3) is 0.500. The van der Waals surface area contributed by atoms with Crippen LogP contribution in [0.5, 0.6) is 0 Å². The second-order valence-electron chi connectivity index (χ2n) is 4.62. The molecule has 0 bridgehead atoms. The van der Waals surface area contributed by atoms with E-state index in [1.54, 1.807) is 31.2 Å². The molecule has 0 amide bonds. The monoisotopic (exact) mass is 271 g/mol. The Morgan fingerprint density at radius 1 is 1.44 bits per heavy atom. The predicted molar refractivity (Wildman–Crippen MR) is 66.8 cm³/mol. The van der Waals surface area contributed by atoms with Crippen LogP contribution in [0.2, 0.25) is 0 Å². The van der Waals surface area contributed by atoms with Crippen LogP contribution >= 0.6 is 0 Å². The molecule has 1 heterocycles. The van der Waals surface area contributed by atoms with Gasteiger partial charge in [0.25, 0.3) is 0 Å². The molecule has 1 saturated heterocycles. The SMILES string of the molecule is Cc1ccccc1S(=O)(=O)NCC1(O)CCOC1. The van der Waals surface area contributed by atoms with Gasteiger partial charge in [-0.05, 0) is 18.6 Å². The number of hydrogen-bond acceptors (Lipinski definition) is 4. The maximum atomic E-state index is 12.1. The number of rotatable bonds is 4. The minimum absolute atomic E-state index is 0.0241. The van der Waals surface area contributed by atoms with E-state index in [0.29, 0.717) is 18.6 Å². The molecule has 0 aliphatic carbocycles. The molecule has 1 aromatic rings. The van der Waals surface area contributed by atoms with E-state index in [1.165, 1.54) is 0 Å². The molecule has 100 valence electrons. The summed E-state index contributed by atoms with van der Waals surface area (Å²) in [5.74, 6) is 0. The van der Waals surface area contributed by atoms with E-state index in [0.717, 1.165) is 0 Å². The molecule has 0 saturated carbocycles. The second kappa shape index (κ2) is 4.97. The number of ether oxygens (including phenoxy) is 1. The van der Waals surface area contributed by atoms with Crippen molar-refractivity contribution in [2.45, 2.75) is 23.8 Å². The van der Waals surface area contributed by atoms with Crippen molar-refractivity contribution in [1.29, 1.82) is 0 Å². The molecule has 0 spiro atoms. The lowest BCUT2D eigenvalue weighted by Gasteiger charge is -2.20. The van der Waals surface area contributed by atoms with Crippen molar-refractivity contribution in [3.8, 4) is 0 Å². The fourth-order valence-electron chi connectivity index (χ4n) is 1.90. The number of hydrogen-bond donors (Lipinski definition) is 2. The third-order valence-electron chi connectivity index (χ3n) is 3.06. The summed E-state index contributed by atoms with van der Waals surface area (Å²) in [7, 11) is -3.58. The van der Waals surface area contributed by atoms with Crippen molar-refractivity contribution >= 4 is 10.0 Å². The van der Waals surface area contributed by atoms with Gasteiger partial charge in [0.1, 0.15) is 5.60 Å². The standard InChI is InChI=1S/C12H17NO4S/c1-10-4-2-3-5-11(10)18(15,16)13-8-12(14)6-7-17-9-12/h2-5,13-14H,6-9H2,1H3. The summed E-state index contributed by atoms with van der Waals surface area (Å²) in [5.41, 5.74) is -0.407. The van der Waals surface area contributed by atoms with Crippen LogP contribution in [0.25, 0.3) is 0 Å². The average molecular weight is 271 g/mol. The summed E-state index contributed by atoms with van der Waals surface area (Å²) >= 11 is 0. The zero-order valence-electron chi connectivity index (χ0n) is 10.2. The van der Waals surface area contributed by atoms with Crippen LogP contribution in [0, 0.1) is 6.92 Å². The van der Waals surface area contributed by atoms with E-state index < -0.39 is 15.6 Å². The van der Waals surface area contributed by atoms with E-state index in [4.69, 9.17) is 4.74 Å². The van der Waals surface area contributed by atoms with E-state index in [9.17, 15) is 13.5 Å². The molecule has 6 heteroatoms. The van der Waals surface area contributed by atoms with Crippen LogP contribution < -0.4 is 4.72 Å². The lowest BCUT2D eigenvalue weighted by atomic mass is 10.1. The number of benzene rings is 1. The summed E-state index contributed by atoms with van der Waals surface area (Å²) in [6.45, 7) is 2.34. The van der Waals surface area contributed by atoms with Gasteiger partial charge in [-0.15, -0.1) is 0 Å². The zero-order valence-corrected chi connectivity index (χ0v) is 11.0. The molecule has 5 nitrogen and oxygen atoms in total. The summed E-state index contributed by atoms with van der Waals surface area (Å²) < 4.78 is 31.7. The first-order valence-electron chi connectivity index (χ1n) is 5.78. The van der Waals surface area contributed by atoms with Gasteiger partial charge in [-0.3, -0.25) is 0 Å². The maximum Gasteiger partial charge on any atom is 0.240 e. The second-order valence-corrected chi connectivity index (χ2v) is 6.35. The Balaban J connectivity index is 2.11. The summed E-state index contributed by atoms with van der Waals surface area (Å²) in [4.78, 5) is 0.243. The Morgan fingerprint density at radius 3 is 2.78 bits per heavy atom. The maximum absolute atomic E-state index is 12.1. The Kier molecular flexibility index (Phi) is 3.72. The molecule has 0 radical (unpaired) electrons. The highest BCUT2D eigenvalue weighted by Gasteiger charge is 2.33. The quantitative estimate of drug-likeness (QED) is 0.832. The van der Waals surface area contributed by atoms with E-state index in [-0.39, 0.29) is 18.0 Å². The highest BCUT2D eigenvalue weighted by Crippen LogP contribution is 2.19. The van der Waals surface area contributed by atoms with Gasteiger partial charge in [0, 0.05) is 19.6 Å². The van der Waals surface area contributed by atoms with Crippen LogP contribution in [-0.4, -0.2) is 38.9 Å². The van der Waals surface area contributed by atoms with Gasteiger partial charge in [-0.25, -0.2) is 13.1 Å². The topological polar surface area (TPSA) is 75.6 Å². The molecule has 1 unspecified atom stereocenters. The minimum atomic E-state index is -3.58. The Labute approximate surface area is 107 Å². The number of aliphatic hydroxyl groups is 1. The molecule has 1 aliphatic rings. The fourth-order valence-corrected chi connectivity index (χ4v) is 3.26. The summed E-state index contributed by atoms with van der Waals surface area (Å²) in [6.07, 6.45) is 0.448. The number of sulfonamides is 1. The minimum Gasteiger partial charge on any atom is -0.386 e. The molecular weight excluding hydrogens is 254 g/mol. The Morgan fingerprint density at radius 2 is 2.17 bits per heavy atom. The Hall–Kier alpha value is -0.950. The molecule has 1 atom stereocenters. The molecule has 2 N–H and O–H groups in total. The number of nitrogens with one attached hydrogen (secondary N) is 1. The van der Waals surface area contributed by atoms with Gasteiger partial charge >= 0.3 is 0 Å². The van der Waals surface area contributed by atoms with Crippen LogP contribution in [0.4, 0.5) is 0 Å². The third kappa shape index (κ3) is 2.89. The van der Waals surface area contributed by atoms with Crippen LogP contribution in [0.15, 0.2) is 29.2 Å².